The number of nitrogens with zero attached hydrogens (tertiary/aromatic N) is 3. The van der Waals surface area contributed by atoms with Gasteiger partial charge in [-0.3, -0.25) is 0 Å². The van der Waals surface area contributed by atoms with Gasteiger partial charge in [-0.1, -0.05) is 6.92 Å². The van der Waals surface area contributed by atoms with Crippen molar-refractivity contribution < 1.29 is 0 Å². The second-order valence-electron chi connectivity index (χ2n) is 4.45. The molecular weight excluding hydrogens is 200 g/mol. The molecule has 0 aliphatic heterocycles. The third kappa shape index (κ3) is 3.85. The number of imidazole rings is 1. The minimum absolute atomic E-state index is 0.593. The largest absolute Gasteiger partial charge is 0.356 e. The lowest BCUT2D eigenvalue weighted by Gasteiger charge is -2.21. The van der Waals surface area contributed by atoms with Gasteiger partial charge in [0, 0.05) is 38.1 Å². The molecule has 0 saturated carbocycles. The smallest absolute Gasteiger partial charge is 0.202 e. The van der Waals surface area contributed by atoms with E-state index in [2.05, 4.69) is 47.6 Å². The lowest BCUT2D eigenvalue weighted by Crippen LogP contribution is -2.29. The fourth-order valence-electron chi connectivity index (χ4n) is 1.42. The molecule has 0 saturated heterocycles. The van der Waals surface area contributed by atoms with Crippen LogP contribution in [0.2, 0.25) is 0 Å². The van der Waals surface area contributed by atoms with Crippen molar-refractivity contribution in [2.75, 3.05) is 25.5 Å². The molecule has 0 atom stereocenters. The molecule has 1 N–H and O–H groups in total. The maximum Gasteiger partial charge on any atom is 0.202 e. The van der Waals surface area contributed by atoms with E-state index in [9.17, 15) is 0 Å². The molecule has 1 heterocycles. The van der Waals surface area contributed by atoms with Crippen LogP contribution < -0.4 is 5.32 Å². The molecule has 0 amide bonds. The standard InChI is InChI=1S/C12H24N4/c1-5-6-13-12-14-7-8-16(12)10-9-15(4)11(2)3/h7-8,11H,5-6,9-10H2,1-4H3,(H,13,14). The molecular formula is C12H24N4. The van der Waals surface area contributed by atoms with Crippen molar-refractivity contribution in [1.29, 1.82) is 0 Å². The zero-order valence-corrected chi connectivity index (χ0v) is 10.9. The minimum Gasteiger partial charge on any atom is -0.356 e. The van der Waals surface area contributed by atoms with Crippen molar-refractivity contribution in [3.05, 3.63) is 12.4 Å². The van der Waals surface area contributed by atoms with Crippen LogP contribution in [0.4, 0.5) is 5.95 Å². The molecule has 1 rings (SSSR count). The molecule has 0 fully saturated rings. The summed E-state index contributed by atoms with van der Waals surface area (Å²) in [6.07, 6.45) is 5.01. The zero-order chi connectivity index (χ0) is 12.0. The van der Waals surface area contributed by atoms with Crippen LogP contribution >= 0.6 is 0 Å². The lowest BCUT2D eigenvalue weighted by molar-refractivity contribution is 0.263. The van der Waals surface area contributed by atoms with E-state index in [4.69, 9.17) is 0 Å². The van der Waals surface area contributed by atoms with Gasteiger partial charge in [0.15, 0.2) is 0 Å². The van der Waals surface area contributed by atoms with Crippen LogP contribution in [0.3, 0.4) is 0 Å². The van der Waals surface area contributed by atoms with E-state index >= 15 is 0 Å². The molecule has 1 aromatic rings. The number of aromatic nitrogens is 2. The third-order valence-corrected chi connectivity index (χ3v) is 2.82. The number of rotatable bonds is 7. The van der Waals surface area contributed by atoms with Crippen molar-refractivity contribution in [1.82, 2.24) is 14.5 Å². The Hall–Kier alpha value is -1.03. The van der Waals surface area contributed by atoms with E-state index in [-0.39, 0.29) is 0 Å². The number of anilines is 1. The third-order valence-electron chi connectivity index (χ3n) is 2.82. The fourth-order valence-corrected chi connectivity index (χ4v) is 1.42. The van der Waals surface area contributed by atoms with Gasteiger partial charge >= 0.3 is 0 Å². The second-order valence-corrected chi connectivity index (χ2v) is 4.45. The monoisotopic (exact) mass is 224 g/mol. The van der Waals surface area contributed by atoms with E-state index in [1.807, 2.05) is 12.4 Å². The normalized spacial score (nSPS) is 11.4. The average Bonchev–Trinajstić information content (AvgIpc) is 2.70. The van der Waals surface area contributed by atoms with E-state index in [1.165, 1.54) is 0 Å². The first-order valence-corrected chi connectivity index (χ1v) is 6.10. The molecule has 92 valence electrons. The van der Waals surface area contributed by atoms with Gasteiger partial charge in [0.25, 0.3) is 0 Å². The van der Waals surface area contributed by atoms with Crippen molar-refractivity contribution in [3.63, 3.8) is 0 Å². The van der Waals surface area contributed by atoms with Gasteiger partial charge < -0.3 is 14.8 Å². The van der Waals surface area contributed by atoms with Gasteiger partial charge in [-0.25, -0.2) is 4.98 Å². The minimum atomic E-state index is 0.593. The van der Waals surface area contributed by atoms with Crippen LogP contribution in [0.25, 0.3) is 0 Å². The molecule has 1 aromatic heterocycles. The fraction of sp³-hybridized carbons (Fsp3) is 0.750. The number of nitrogens with one attached hydrogen (secondary N) is 1. The van der Waals surface area contributed by atoms with Crippen LogP contribution in [0.1, 0.15) is 27.2 Å². The predicted octanol–water partition coefficient (Wildman–Crippen LogP) is 2.05. The van der Waals surface area contributed by atoms with Crippen molar-refractivity contribution in [2.24, 2.45) is 0 Å². The number of hydrogen-bond acceptors (Lipinski definition) is 3. The summed E-state index contributed by atoms with van der Waals surface area (Å²) < 4.78 is 2.18. The maximum atomic E-state index is 4.31. The van der Waals surface area contributed by atoms with Gasteiger partial charge in [0.2, 0.25) is 5.95 Å². The summed E-state index contributed by atoms with van der Waals surface area (Å²) in [5, 5.41) is 3.33. The van der Waals surface area contributed by atoms with Crippen LogP contribution in [0, 0.1) is 0 Å². The second kappa shape index (κ2) is 6.53. The van der Waals surface area contributed by atoms with E-state index in [0.717, 1.165) is 32.0 Å². The molecule has 0 aliphatic carbocycles. The number of likely N-dealkylation sites (N-methyl/N-ethyl adjacent to an activating group) is 1. The first-order valence-electron chi connectivity index (χ1n) is 6.10. The number of hydrogen-bond donors (Lipinski definition) is 1. The molecule has 0 unspecified atom stereocenters. The summed E-state index contributed by atoms with van der Waals surface area (Å²) >= 11 is 0. The first-order chi connectivity index (χ1) is 7.65. The highest BCUT2D eigenvalue weighted by Gasteiger charge is 2.05. The summed E-state index contributed by atoms with van der Waals surface area (Å²) in [7, 11) is 2.15. The molecule has 0 radical (unpaired) electrons. The SMILES string of the molecule is CCCNc1nccn1CCN(C)C(C)C. The van der Waals surface area contributed by atoms with E-state index < -0.39 is 0 Å². The lowest BCUT2D eigenvalue weighted by atomic mass is 10.3. The quantitative estimate of drug-likeness (QED) is 0.769. The molecule has 0 spiro atoms. The summed E-state index contributed by atoms with van der Waals surface area (Å²) in [6, 6.07) is 0.593. The highest BCUT2D eigenvalue weighted by Crippen LogP contribution is 2.05. The highest BCUT2D eigenvalue weighted by atomic mass is 15.2. The van der Waals surface area contributed by atoms with Gasteiger partial charge in [-0.05, 0) is 27.3 Å². The van der Waals surface area contributed by atoms with Crippen molar-refractivity contribution >= 4 is 5.95 Å². The molecule has 0 bridgehead atoms. The van der Waals surface area contributed by atoms with Gasteiger partial charge in [0.05, 0.1) is 0 Å². The zero-order valence-electron chi connectivity index (χ0n) is 10.9. The summed E-state index contributed by atoms with van der Waals surface area (Å²) in [5.41, 5.74) is 0. The van der Waals surface area contributed by atoms with Crippen LogP contribution in [0.5, 0.6) is 0 Å². The molecule has 4 nitrogen and oxygen atoms in total. The Morgan fingerprint density at radius 1 is 1.50 bits per heavy atom. The van der Waals surface area contributed by atoms with Gasteiger partial charge in [-0.15, -0.1) is 0 Å². The Morgan fingerprint density at radius 3 is 2.88 bits per heavy atom. The first kappa shape index (κ1) is 13.0. The maximum absolute atomic E-state index is 4.31. The summed E-state index contributed by atoms with van der Waals surface area (Å²) in [6.45, 7) is 9.60. The Morgan fingerprint density at radius 2 is 2.25 bits per heavy atom. The molecule has 16 heavy (non-hydrogen) atoms. The molecule has 0 aromatic carbocycles. The molecule has 0 aliphatic rings. The molecule has 4 heteroatoms. The Kier molecular flexibility index (Phi) is 5.32. The van der Waals surface area contributed by atoms with Gasteiger partial charge in [0.1, 0.15) is 0 Å². The van der Waals surface area contributed by atoms with Crippen LogP contribution in [0.15, 0.2) is 12.4 Å². The van der Waals surface area contributed by atoms with E-state index in [0.29, 0.717) is 6.04 Å². The predicted molar refractivity (Wildman–Crippen MR) is 68.8 cm³/mol. The Labute approximate surface area is 98.7 Å². The average molecular weight is 224 g/mol. The van der Waals surface area contributed by atoms with Crippen LogP contribution in [-0.2, 0) is 6.54 Å². The highest BCUT2D eigenvalue weighted by molar-refractivity contribution is 5.25. The van der Waals surface area contributed by atoms with Crippen molar-refractivity contribution in [2.45, 2.75) is 39.8 Å². The van der Waals surface area contributed by atoms with Gasteiger partial charge in [-0.2, -0.15) is 0 Å². The Balaban J connectivity index is 2.44. The summed E-state index contributed by atoms with van der Waals surface area (Å²) in [5.74, 6) is 0.985. The van der Waals surface area contributed by atoms with E-state index in [1.54, 1.807) is 0 Å². The summed E-state index contributed by atoms with van der Waals surface area (Å²) in [4.78, 5) is 6.65. The van der Waals surface area contributed by atoms with Crippen LogP contribution in [-0.4, -0.2) is 40.6 Å². The van der Waals surface area contributed by atoms with Crippen molar-refractivity contribution in [3.8, 4) is 0 Å². The Bertz CT molecular complexity index is 293. The topological polar surface area (TPSA) is 33.1 Å².